The van der Waals surface area contributed by atoms with E-state index in [1.54, 1.807) is 7.11 Å². The zero-order chi connectivity index (χ0) is 15.5. The van der Waals surface area contributed by atoms with Crippen molar-refractivity contribution in [2.45, 2.75) is 13.2 Å². The smallest absolute Gasteiger partial charge is 0.253 e. The second kappa shape index (κ2) is 6.03. The van der Waals surface area contributed by atoms with E-state index in [0.29, 0.717) is 18.7 Å². The maximum Gasteiger partial charge on any atom is 0.253 e. The van der Waals surface area contributed by atoms with Gasteiger partial charge in [0.1, 0.15) is 0 Å². The Bertz CT molecular complexity index is 803. The Morgan fingerprint density at radius 3 is 3.05 bits per heavy atom. The van der Waals surface area contributed by atoms with Gasteiger partial charge in [0.2, 0.25) is 0 Å². The topological polar surface area (TPSA) is 71.9 Å². The van der Waals surface area contributed by atoms with Crippen LogP contribution in [0.1, 0.15) is 21.7 Å². The number of benzene rings is 1. The Labute approximate surface area is 128 Å². The van der Waals surface area contributed by atoms with E-state index in [1.807, 2.05) is 48.1 Å². The zero-order valence-electron chi connectivity index (χ0n) is 12.6. The largest absolute Gasteiger partial charge is 0.378 e. The molecule has 3 aromatic rings. The fourth-order valence-corrected chi connectivity index (χ4v) is 2.52. The van der Waals surface area contributed by atoms with Crippen molar-refractivity contribution in [1.29, 1.82) is 0 Å². The number of carbonyl (C=O) groups excluding carboxylic acids is 1. The van der Waals surface area contributed by atoms with E-state index in [1.165, 1.54) is 0 Å². The number of methoxy groups -OCH3 is 1. The molecule has 1 aromatic carbocycles. The molecule has 0 unspecified atom stereocenters. The molecule has 0 spiro atoms. The predicted octanol–water partition coefficient (Wildman–Crippen LogP) is 1.98. The molecule has 0 radical (unpaired) electrons. The third-order valence-corrected chi connectivity index (χ3v) is 3.56. The van der Waals surface area contributed by atoms with Gasteiger partial charge in [-0.15, -0.1) is 0 Å². The standard InChI is InChI=1S/C16H18N4O2/c1-20-9-14(13-5-3-4-6-15(13)20)16(21)17-8-11-7-12(10-22-2)19-18-11/h3-7,9H,8,10H2,1-2H3,(H,17,21)(H,18,19). The van der Waals surface area contributed by atoms with Crippen LogP contribution in [0.2, 0.25) is 0 Å². The summed E-state index contributed by atoms with van der Waals surface area (Å²) in [6.07, 6.45) is 1.85. The lowest BCUT2D eigenvalue weighted by atomic mass is 10.1. The van der Waals surface area contributed by atoms with Crippen molar-refractivity contribution in [2.75, 3.05) is 7.11 Å². The van der Waals surface area contributed by atoms with E-state index in [9.17, 15) is 4.79 Å². The number of nitrogens with zero attached hydrogens (tertiary/aromatic N) is 2. The normalized spacial score (nSPS) is 11.0. The molecule has 2 N–H and O–H groups in total. The summed E-state index contributed by atoms with van der Waals surface area (Å²) in [6.45, 7) is 0.854. The van der Waals surface area contributed by atoms with Gasteiger partial charge in [0.05, 0.1) is 30.1 Å². The number of ether oxygens (including phenoxy) is 1. The summed E-state index contributed by atoms with van der Waals surface area (Å²) >= 11 is 0. The summed E-state index contributed by atoms with van der Waals surface area (Å²) in [4.78, 5) is 12.4. The number of para-hydroxylation sites is 1. The molecule has 0 saturated heterocycles. The zero-order valence-corrected chi connectivity index (χ0v) is 12.6. The summed E-state index contributed by atoms with van der Waals surface area (Å²) in [5, 5.41) is 10.9. The van der Waals surface area contributed by atoms with Gasteiger partial charge in [-0.3, -0.25) is 9.89 Å². The number of aromatic amines is 1. The molecule has 0 aliphatic carbocycles. The number of aromatic nitrogens is 3. The molecule has 0 atom stereocenters. The molecule has 6 heteroatoms. The van der Waals surface area contributed by atoms with Gasteiger partial charge in [-0.1, -0.05) is 18.2 Å². The average Bonchev–Trinajstić information content (AvgIpc) is 3.11. The molecule has 114 valence electrons. The van der Waals surface area contributed by atoms with Gasteiger partial charge in [-0.05, 0) is 12.1 Å². The minimum absolute atomic E-state index is 0.0975. The number of hydrogen-bond donors (Lipinski definition) is 2. The SMILES string of the molecule is COCc1cc(CNC(=O)c2cn(C)c3ccccc23)[nH]n1. The van der Waals surface area contributed by atoms with Crippen molar-refractivity contribution in [3.05, 3.63) is 53.5 Å². The molecular weight excluding hydrogens is 280 g/mol. The highest BCUT2D eigenvalue weighted by molar-refractivity contribution is 6.06. The van der Waals surface area contributed by atoms with Crippen LogP contribution in [0.15, 0.2) is 36.5 Å². The molecule has 1 amide bonds. The van der Waals surface area contributed by atoms with Gasteiger partial charge < -0.3 is 14.6 Å². The first kappa shape index (κ1) is 14.3. The monoisotopic (exact) mass is 298 g/mol. The molecule has 0 fully saturated rings. The van der Waals surface area contributed by atoms with Crippen LogP contribution in [0.3, 0.4) is 0 Å². The summed E-state index contributed by atoms with van der Waals surface area (Å²) < 4.78 is 6.97. The molecule has 6 nitrogen and oxygen atoms in total. The third kappa shape index (κ3) is 2.73. The lowest BCUT2D eigenvalue weighted by molar-refractivity contribution is 0.0952. The van der Waals surface area contributed by atoms with Gasteiger partial charge in [-0.2, -0.15) is 5.10 Å². The third-order valence-electron chi connectivity index (χ3n) is 3.56. The first-order valence-electron chi connectivity index (χ1n) is 7.03. The van der Waals surface area contributed by atoms with Crippen LogP contribution < -0.4 is 5.32 Å². The van der Waals surface area contributed by atoms with Crippen molar-refractivity contribution in [3.63, 3.8) is 0 Å². The van der Waals surface area contributed by atoms with Crippen molar-refractivity contribution in [1.82, 2.24) is 20.1 Å². The fourth-order valence-electron chi connectivity index (χ4n) is 2.52. The van der Waals surface area contributed by atoms with Gasteiger partial charge in [0.25, 0.3) is 5.91 Å². The van der Waals surface area contributed by atoms with Gasteiger partial charge in [0, 0.05) is 31.3 Å². The lowest BCUT2D eigenvalue weighted by Gasteiger charge is -2.02. The van der Waals surface area contributed by atoms with Crippen LogP contribution in [0.5, 0.6) is 0 Å². The van der Waals surface area contributed by atoms with Crippen molar-refractivity contribution < 1.29 is 9.53 Å². The molecule has 3 rings (SSSR count). The Kier molecular flexibility index (Phi) is 3.93. The molecule has 0 aliphatic heterocycles. The van der Waals surface area contributed by atoms with Crippen LogP contribution in [0, 0.1) is 0 Å². The molecular formula is C16H18N4O2. The Hall–Kier alpha value is -2.60. The molecule has 22 heavy (non-hydrogen) atoms. The molecule has 0 bridgehead atoms. The van der Waals surface area contributed by atoms with Gasteiger partial charge >= 0.3 is 0 Å². The highest BCUT2D eigenvalue weighted by atomic mass is 16.5. The van der Waals surface area contributed by atoms with E-state index in [0.717, 1.165) is 22.3 Å². The van der Waals surface area contributed by atoms with Crippen LogP contribution in [0.4, 0.5) is 0 Å². The van der Waals surface area contributed by atoms with Gasteiger partial charge in [0.15, 0.2) is 0 Å². The summed E-state index contributed by atoms with van der Waals surface area (Å²) in [5.41, 5.74) is 3.38. The number of H-pyrrole nitrogens is 1. The van der Waals surface area contributed by atoms with Gasteiger partial charge in [-0.25, -0.2) is 0 Å². The first-order valence-corrected chi connectivity index (χ1v) is 7.03. The van der Waals surface area contributed by atoms with Crippen LogP contribution in [0.25, 0.3) is 10.9 Å². The van der Waals surface area contributed by atoms with Crippen LogP contribution >= 0.6 is 0 Å². The number of rotatable bonds is 5. The highest BCUT2D eigenvalue weighted by Crippen LogP contribution is 2.20. The van der Waals surface area contributed by atoms with E-state index < -0.39 is 0 Å². The number of fused-ring (bicyclic) bond motifs is 1. The summed E-state index contributed by atoms with van der Waals surface area (Å²) in [5.74, 6) is -0.0975. The number of hydrogen-bond acceptors (Lipinski definition) is 3. The lowest BCUT2D eigenvalue weighted by Crippen LogP contribution is -2.22. The number of amides is 1. The Balaban J connectivity index is 1.73. The number of aryl methyl sites for hydroxylation is 1. The number of carbonyl (C=O) groups is 1. The molecule has 0 aliphatic rings. The van der Waals surface area contributed by atoms with Crippen molar-refractivity contribution >= 4 is 16.8 Å². The summed E-state index contributed by atoms with van der Waals surface area (Å²) in [6, 6.07) is 9.74. The predicted molar refractivity (Wildman–Crippen MR) is 83.4 cm³/mol. The summed E-state index contributed by atoms with van der Waals surface area (Å²) in [7, 11) is 3.56. The Morgan fingerprint density at radius 1 is 1.41 bits per heavy atom. The Morgan fingerprint density at radius 2 is 2.23 bits per heavy atom. The van der Waals surface area contributed by atoms with Crippen molar-refractivity contribution in [3.8, 4) is 0 Å². The second-order valence-electron chi connectivity index (χ2n) is 5.17. The minimum Gasteiger partial charge on any atom is -0.378 e. The molecule has 2 aromatic heterocycles. The number of nitrogens with one attached hydrogen (secondary N) is 2. The van der Waals surface area contributed by atoms with E-state index in [-0.39, 0.29) is 5.91 Å². The average molecular weight is 298 g/mol. The fraction of sp³-hybridized carbons (Fsp3) is 0.250. The maximum absolute atomic E-state index is 12.4. The molecule has 0 saturated carbocycles. The quantitative estimate of drug-likeness (QED) is 0.756. The van der Waals surface area contributed by atoms with Crippen molar-refractivity contribution in [2.24, 2.45) is 7.05 Å². The van der Waals surface area contributed by atoms with E-state index >= 15 is 0 Å². The molecule has 2 heterocycles. The van der Waals surface area contributed by atoms with Crippen LogP contribution in [-0.4, -0.2) is 27.8 Å². The second-order valence-corrected chi connectivity index (χ2v) is 5.17. The minimum atomic E-state index is -0.0975. The first-order chi connectivity index (χ1) is 10.7. The van der Waals surface area contributed by atoms with E-state index in [2.05, 4.69) is 15.5 Å². The van der Waals surface area contributed by atoms with E-state index in [4.69, 9.17) is 4.74 Å². The highest BCUT2D eigenvalue weighted by Gasteiger charge is 2.13. The van der Waals surface area contributed by atoms with Crippen LogP contribution in [-0.2, 0) is 24.9 Å². The maximum atomic E-state index is 12.4.